The van der Waals surface area contributed by atoms with Crippen molar-refractivity contribution in [3.63, 3.8) is 0 Å². The Bertz CT molecular complexity index is 234. The second kappa shape index (κ2) is 12.2. The van der Waals surface area contributed by atoms with Gasteiger partial charge in [0.1, 0.15) is 12.3 Å². The largest absolute Gasteiger partial charge is 0.467 e. The van der Waals surface area contributed by atoms with E-state index in [1.807, 2.05) is 0 Å². The van der Waals surface area contributed by atoms with Gasteiger partial charge in [-0.05, 0) is 6.42 Å². The first-order chi connectivity index (χ1) is 9.45. The van der Waals surface area contributed by atoms with Gasteiger partial charge in [-0.2, -0.15) is 0 Å². The van der Waals surface area contributed by atoms with Gasteiger partial charge >= 0.3 is 0 Å². The highest BCUT2D eigenvalue weighted by atomic mass is 16.7. The Balaban J connectivity index is 3.19. The number of quaternary nitrogens is 1. The summed E-state index contributed by atoms with van der Waals surface area (Å²) in [4.78, 5) is 0. The molecular formula is C17H36NO2+. The fourth-order valence-electron chi connectivity index (χ4n) is 2.10. The fraction of sp³-hybridized carbons (Fsp3) is 0.882. The summed E-state index contributed by atoms with van der Waals surface area (Å²) in [7, 11) is 6.36. The second-order valence-electron chi connectivity index (χ2n) is 6.63. The van der Waals surface area contributed by atoms with Crippen LogP contribution in [0.15, 0.2) is 12.3 Å². The maximum atomic E-state index is 5.47. The molecule has 3 nitrogen and oxygen atoms in total. The number of unbranched alkanes of at least 4 members (excludes halogenated alkanes) is 7. The third-order valence-corrected chi connectivity index (χ3v) is 3.14. The molecule has 0 aromatic carbocycles. The molecule has 0 amide bonds. The summed E-state index contributed by atoms with van der Waals surface area (Å²) in [6.45, 7) is 8.12. The first kappa shape index (κ1) is 19.5. The standard InChI is InChI=1S/C17H36NO2/c1-6-7-8-9-10-11-12-13-14-19-16-20-17(2)15-18(3,4)5/h2,6-16H2,1,3-5H3/q+1. The van der Waals surface area contributed by atoms with Gasteiger partial charge in [0.25, 0.3) is 0 Å². The van der Waals surface area contributed by atoms with E-state index in [0.717, 1.165) is 29.8 Å². The van der Waals surface area contributed by atoms with Gasteiger partial charge in [0.05, 0.1) is 27.7 Å². The number of hydrogen-bond acceptors (Lipinski definition) is 2. The molecule has 0 saturated carbocycles. The monoisotopic (exact) mass is 286 g/mol. The maximum absolute atomic E-state index is 5.47. The lowest BCUT2D eigenvalue weighted by Gasteiger charge is -2.24. The van der Waals surface area contributed by atoms with E-state index >= 15 is 0 Å². The van der Waals surface area contributed by atoms with Crippen LogP contribution in [0.1, 0.15) is 58.3 Å². The Morgan fingerprint density at radius 3 is 2.00 bits per heavy atom. The Labute approximate surface area is 126 Å². The molecule has 0 fully saturated rings. The Kier molecular flexibility index (Phi) is 11.9. The Hall–Kier alpha value is -0.540. The lowest BCUT2D eigenvalue weighted by atomic mass is 10.1. The molecule has 0 spiro atoms. The minimum Gasteiger partial charge on any atom is -0.467 e. The van der Waals surface area contributed by atoms with Gasteiger partial charge in [-0.15, -0.1) is 0 Å². The molecule has 0 aliphatic heterocycles. The van der Waals surface area contributed by atoms with Crippen LogP contribution in [0.4, 0.5) is 0 Å². The first-order valence-corrected chi connectivity index (χ1v) is 8.14. The predicted molar refractivity (Wildman–Crippen MR) is 86.6 cm³/mol. The van der Waals surface area contributed by atoms with Crippen molar-refractivity contribution < 1.29 is 14.0 Å². The average Bonchev–Trinajstić information content (AvgIpc) is 2.34. The van der Waals surface area contributed by atoms with Crippen LogP contribution in [0.2, 0.25) is 0 Å². The van der Waals surface area contributed by atoms with Gasteiger partial charge in [0, 0.05) is 0 Å². The van der Waals surface area contributed by atoms with Gasteiger partial charge in [-0.1, -0.05) is 58.4 Å². The molecule has 0 rings (SSSR count). The minimum absolute atomic E-state index is 0.343. The lowest BCUT2D eigenvalue weighted by Crippen LogP contribution is -2.36. The molecule has 0 atom stereocenters. The zero-order valence-corrected chi connectivity index (χ0v) is 14.2. The van der Waals surface area contributed by atoms with E-state index in [-0.39, 0.29) is 0 Å². The summed E-state index contributed by atoms with van der Waals surface area (Å²) in [5, 5.41) is 0. The second-order valence-corrected chi connectivity index (χ2v) is 6.63. The molecule has 0 N–H and O–H groups in total. The highest BCUT2D eigenvalue weighted by molar-refractivity contribution is 4.80. The normalized spacial score (nSPS) is 11.6. The van der Waals surface area contributed by atoms with Crippen molar-refractivity contribution in [2.75, 3.05) is 41.1 Å². The first-order valence-electron chi connectivity index (χ1n) is 8.14. The van der Waals surface area contributed by atoms with Crippen molar-refractivity contribution >= 4 is 0 Å². The molecule has 3 heteroatoms. The number of hydrogen-bond donors (Lipinski definition) is 0. The predicted octanol–water partition coefficient (Wildman–Crippen LogP) is 4.34. The number of rotatable bonds is 14. The molecule has 20 heavy (non-hydrogen) atoms. The van der Waals surface area contributed by atoms with E-state index < -0.39 is 0 Å². The number of nitrogens with zero attached hydrogens (tertiary/aromatic N) is 1. The summed E-state index contributed by atoms with van der Waals surface area (Å²) >= 11 is 0. The van der Waals surface area contributed by atoms with E-state index in [4.69, 9.17) is 9.47 Å². The van der Waals surface area contributed by atoms with Crippen LogP contribution < -0.4 is 0 Å². The Morgan fingerprint density at radius 2 is 1.45 bits per heavy atom. The van der Waals surface area contributed by atoms with Gasteiger partial charge < -0.3 is 14.0 Å². The molecule has 0 aliphatic rings. The van der Waals surface area contributed by atoms with Gasteiger partial charge in [-0.25, -0.2) is 0 Å². The van der Waals surface area contributed by atoms with Gasteiger partial charge in [0.2, 0.25) is 0 Å². The molecule has 120 valence electrons. The summed E-state index contributed by atoms with van der Waals surface area (Å²) < 4.78 is 11.8. The molecule has 0 heterocycles. The van der Waals surface area contributed by atoms with Crippen molar-refractivity contribution in [1.82, 2.24) is 0 Å². The van der Waals surface area contributed by atoms with Crippen LogP contribution in [-0.2, 0) is 9.47 Å². The number of likely N-dealkylation sites (N-methyl/N-ethyl adjacent to an activating group) is 1. The zero-order chi connectivity index (χ0) is 15.3. The van der Waals surface area contributed by atoms with Gasteiger partial charge in [-0.3, -0.25) is 0 Å². The summed E-state index contributed by atoms with van der Waals surface area (Å²) in [5.41, 5.74) is 0. The fourth-order valence-corrected chi connectivity index (χ4v) is 2.10. The third kappa shape index (κ3) is 15.5. The Morgan fingerprint density at radius 1 is 0.900 bits per heavy atom. The zero-order valence-electron chi connectivity index (χ0n) is 14.2. The van der Waals surface area contributed by atoms with E-state index in [0.29, 0.717) is 6.79 Å². The average molecular weight is 286 g/mol. The van der Waals surface area contributed by atoms with E-state index in [2.05, 4.69) is 34.6 Å². The van der Waals surface area contributed by atoms with E-state index in [1.54, 1.807) is 0 Å². The van der Waals surface area contributed by atoms with Crippen LogP contribution in [-0.4, -0.2) is 45.6 Å². The quantitative estimate of drug-likeness (QED) is 0.205. The highest BCUT2D eigenvalue weighted by Crippen LogP contribution is 2.08. The molecule has 0 aromatic rings. The summed E-state index contributed by atoms with van der Waals surface area (Å²) in [5.74, 6) is 0.799. The van der Waals surface area contributed by atoms with Crippen LogP contribution >= 0.6 is 0 Å². The SMILES string of the molecule is C=C(C[N+](C)(C)C)OCOCCCCCCCCCC. The van der Waals surface area contributed by atoms with Crippen molar-refractivity contribution in [2.45, 2.75) is 58.3 Å². The van der Waals surface area contributed by atoms with Crippen molar-refractivity contribution in [3.05, 3.63) is 12.3 Å². The topological polar surface area (TPSA) is 18.5 Å². The summed E-state index contributed by atoms with van der Waals surface area (Å²) in [6.07, 6.45) is 10.6. The van der Waals surface area contributed by atoms with Crippen LogP contribution in [0.25, 0.3) is 0 Å². The molecular weight excluding hydrogens is 250 g/mol. The van der Waals surface area contributed by atoms with Crippen molar-refractivity contribution in [3.8, 4) is 0 Å². The smallest absolute Gasteiger partial charge is 0.188 e. The number of ether oxygens (including phenoxy) is 2. The van der Waals surface area contributed by atoms with Crippen LogP contribution in [0.3, 0.4) is 0 Å². The van der Waals surface area contributed by atoms with E-state index in [1.165, 1.54) is 44.9 Å². The molecule has 0 aliphatic carbocycles. The molecule has 0 aromatic heterocycles. The van der Waals surface area contributed by atoms with Crippen LogP contribution in [0.5, 0.6) is 0 Å². The lowest BCUT2D eigenvalue weighted by molar-refractivity contribution is -0.866. The maximum Gasteiger partial charge on any atom is 0.188 e. The van der Waals surface area contributed by atoms with Gasteiger partial charge in [0.15, 0.2) is 6.79 Å². The molecule has 0 unspecified atom stereocenters. The van der Waals surface area contributed by atoms with Crippen molar-refractivity contribution in [1.29, 1.82) is 0 Å². The summed E-state index contributed by atoms with van der Waals surface area (Å²) in [6, 6.07) is 0. The van der Waals surface area contributed by atoms with Crippen molar-refractivity contribution in [2.24, 2.45) is 0 Å². The third-order valence-electron chi connectivity index (χ3n) is 3.14. The highest BCUT2D eigenvalue weighted by Gasteiger charge is 2.09. The minimum atomic E-state index is 0.343. The molecule has 0 bridgehead atoms. The van der Waals surface area contributed by atoms with Crippen LogP contribution in [0, 0.1) is 0 Å². The molecule has 0 radical (unpaired) electrons. The van der Waals surface area contributed by atoms with E-state index in [9.17, 15) is 0 Å². The molecule has 0 saturated heterocycles.